The second kappa shape index (κ2) is 18.5. The Labute approximate surface area is 224 Å². The number of aliphatic hydroxyl groups is 1. The molecule has 0 saturated heterocycles. The molecule has 0 aromatic rings. The van der Waals surface area contributed by atoms with Crippen LogP contribution in [0.15, 0.2) is 0 Å². The maximum absolute atomic E-state index is 12.5. The summed E-state index contributed by atoms with van der Waals surface area (Å²) in [4.78, 5) is 17.1. The molecule has 0 aliphatic heterocycles. The van der Waals surface area contributed by atoms with E-state index in [0.29, 0.717) is 37.9 Å². The summed E-state index contributed by atoms with van der Waals surface area (Å²) in [5, 5.41) is 10.2. The Morgan fingerprint density at radius 1 is 0.917 bits per heavy atom. The summed E-state index contributed by atoms with van der Waals surface area (Å²) in [6, 6.07) is 0. The predicted molar refractivity (Wildman–Crippen MR) is 152 cm³/mol. The molecule has 2 unspecified atom stereocenters. The van der Waals surface area contributed by atoms with Gasteiger partial charge in [0.05, 0.1) is 19.6 Å². The summed E-state index contributed by atoms with van der Waals surface area (Å²) in [6.45, 7) is 21.6. The Morgan fingerprint density at radius 2 is 1.58 bits per heavy atom. The molecule has 36 heavy (non-hydrogen) atoms. The first-order chi connectivity index (χ1) is 16.8. The molecule has 6 heteroatoms. The minimum Gasteiger partial charge on any atom is -0.465 e. The zero-order valence-electron chi connectivity index (χ0n) is 25.7. The summed E-state index contributed by atoms with van der Waals surface area (Å²) >= 11 is 0. The molecular weight excluding hydrogens is 452 g/mol. The number of carbonyl (C=O) groups excluding carboxylic acids is 1. The van der Waals surface area contributed by atoms with Crippen LogP contribution in [0.4, 0.5) is 0 Å². The summed E-state index contributed by atoms with van der Waals surface area (Å²) in [5.74, 6) is 0.644. The Bertz CT molecular complexity index is 565. The summed E-state index contributed by atoms with van der Waals surface area (Å²) in [7, 11) is 4.20. The van der Waals surface area contributed by atoms with Gasteiger partial charge < -0.3 is 19.5 Å². The third-order valence-corrected chi connectivity index (χ3v) is 8.06. The lowest BCUT2D eigenvalue weighted by Gasteiger charge is -2.38. The fourth-order valence-electron chi connectivity index (χ4n) is 4.08. The van der Waals surface area contributed by atoms with Gasteiger partial charge in [-0.15, -0.1) is 0 Å². The smallest absolute Gasteiger partial charge is 0.307 e. The maximum Gasteiger partial charge on any atom is 0.307 e. The van der Waals surface area contributed by atoms with Gasteiger partial charge >= 0.3 is 5.97 Å². The molecule has 0 fully saturated rings. The van der Waals surface area contributed by atoms with E-state index in [-0.39, 0.29) is 16.9 Å². The predicted octanol–water partition coefficient (Wildman–Crippen LogP) is 6.36. The summed E-state index contributed by atoms with van der Waals surface area (Å²) < 4.78 is 11.4. The van der Waals surface area contributed by atoms with Crippen molar-refractivity contribution in [2.24, 2.45) is 17.3 Å². The Kier molecular flexibility index (Phi) is 18.2. The van der Waals surface area contributed by atoms with Crippen LogP contribution in [0.1, 0.15) is 113 Å². The van der Waals surface area contributed by atoms with Gasteiger partial charge in [-0.25, -0.2) is 0 Å². The lowest BCUT2D eigenvalue weighted by Crippen LogP contribution is -2.45. The monoisotopic (exact) mass is 514 g/mol. The van der Waals surface area contributed by atoms with Crippen molar-refractivity contribution in [2.75, 3.05) is 46.9 Å². The average Bonchev–Trinajstić information content (AvgIpc) is 2.83. The van der Waals surface area contributed by atoms with Gasteiger partial charge in [0, 0.05) is 12.1 Å². The van der Waals surface area contributed by atoms with Crippen LogP contribution in [0, 0.1) is 17.3 Å². The van der Waals surface area contributed by atoms with Gasteiger partial charge in [-0.1, -0.05) is 54.4 Å². The van der Waals surface area contributed by atoms with E-state index in [1.165, 1.54) is 0 Å². The highest BCUT2D eigenvalue weighted by Crippen LogP contribution is 2.27. The fraction of sp³-hybridized carbons (Fsp3) is 0.967. The molecule has 0 spiro atoms. The topological polar surface area (TPSA) is 62.2 Å². The molecule has 0 aromatic heterocycles. The molecular formula is C30H62N2O4. The van der Waals surface area contributed by atoms with E-state index in [0.717, 1.165) is 64.6 Å². The molecule has 0 saturated carbocycles. The Morgan fingerprint density at radius 3 is 2.14 bits per heavy atom. The number of rotatable bonds is 22. The molecule has 1 N–H and O–H groups in total. The van der Waals surface area contributed by atoms with Crippen molar-refractivity contribution in [3.63, 3.8) is 0 Å². The highest BCUT2D eigenvalue weighted by atomic mass is 16.6. The van der Waals surface area contributed by atoms with Crippen LogP contribution in [-0.2, 0) is 14.3 Å². The van der Waals surface area contributed by atoms with Crippen molar-refractivity contribution in [2.45, 2.75) is 125 Å². The zero-order chi connectivity index (χ0) is 27.8. The van der Waals surface area contributed by atoms with Crippen LogP contribution in [0.2, 0.25) is 0 Å². The van der Waals surface area contributed by atoms with Crippen LogP contribution >= 0.6 is 0 Å². The van der Waals surface area contributed by atoms with E-state index in [4.69, 9.17) is 9.47 Å². The van der Waals surface area contributed by atoms with Crippen molar-refractivity contribution < 1.29 is 19.4 Å². The molecule has 0 radical (unpaired) electrons. The van der Waals surface area contributed by atoms with Gasteiger partial charge in [0.25, 0.3) is 0 Å². The lowest BCUT2D eigenvalue weighted by atomic mass is 9.85. The number of hydrogen-bond acceptors (Lipinski definition) is 6. The largest absolute Gasteiger partial charge is 0.465 e. The molecule has 0 amide bonds. The van der Waals surface area contributed by atoms with E-state index >= 15 is 0 Å². The zero-order valence-corrected chi connectivity index (χ0v) is 25.7. The van der Waals surface area contributed by atoms with Crippen molar-refractivity contribution in [3.05, 3.63) is 0 Å². The molecule has 6 nitrogen and oxygen atoms in total. The molecule has 0 aromatic carbocycles. The van der Waals surface area contributed by atoms with Gasteiger partial charge in [0.2, 0.25) is 0 Å². The second-order valence-electron chi connectivity index (χ2n) is 12.5. The van der Waals surface area contributed by atoms with Crippen LogP contribution in [0.25, 0.3) is 0 Å². The van der Waals surface area contributed by atoms with Crippen LogP contribution in [0.3, 0.4) is 0 Å². The van der Waals surface area contributed by atoms with Gasteiger partial charge in [-0.3, -0.25) is 9.69 Å². The van der Waals surface area contributed by atoms with Crippen LogP contribution < -0.4 is 0 Å². The first-order valence-corrected chi connectivity index (χ1v) is 14.6. The first kappa shape index (κ1) is 35.3. The number of hydrogen-bond donors (Lipinski definition) is 1. The molecule has 3 atom stereocenters. The third-order valence-electron chi connectivity index (χ3n) is 8.06. The molecule has 0 aliphatic rings. The Balaban J connectivity index is 4.32. The van der Waals surface area contributed by atoms with Crippen LogP contribution in [0.5, 0.6) is 0 Å². The SMILES string of the molecule is CCC(CCC(C)COC(=O)CCN(CCCN(C)C)C(C)(C)CC)CO[C@H](O)CCC(C)(C)CC. The number of aliphatic hydroxyl groups excluding tert-OH is 1. The maximum atomic E-state index is 12.5. The standard InChI is InChI=1S/C30H62N2O4/c1-11-26(24-36-27(33)17-19-29(5,6)12-2)16-15-25(4)23-35-28(34)18-22-32(30(7,8)13-3)21-14-20-31(9)10/h25-27,33H,11-24H2,1-10H3/t25?,26?,27-/m0/s1. The van der Waals surface area contributed by atoms with Gasteiger partial charge in [-0.2, -0.15) is 0 Å². The van der Waals surface area contributed by atoms with Gasteiger partial charge in [0.1, 0.15) is 0 Å². The number of nitrogens with zero attached hydrogens (tertiary/aromatic N) is 2. The second-order valence-corrected chi connectivity index (χ2v) is 12.5. The number of carbonyl (C=O) groups is 1. The van der Waals surface area contributed by atoms with E-state index in [2.05, 4.69) is 79.3 Å². The third kappa shape index (κ3) is 16.9. The molecule has 216 valence electrons. The number of esters is 1. The van der Waals surface area contributed by atoms with E-state index < -0.39 is 6.29 Å². The van der Waals surface area contributed by atoms with Crippen LogP contribution in [-0.4, -0.2) is 79.6 Å². The minimum absolute atomic E-state index is 0.0803. The van der Waals surface area contributed by atoms with E-state index in [1.54, 1.807) is 0 Å². The summed E-state index contributed by atoms with van der Waals surface area (Å²) in [6.07, 6.45) is 7.71. The normalized spacial score (nSPS) is 15.4. The first-order valence-electron chi connectivity index (χ1n) is 14.6. The van der Waals surface area contributed by atoms with Crippen molar-refractivity contribution in [3.8, 4) is 0 Å². The molecule has 0 bridgehead atoms. The molecule has 0 heterocycles. The van der Waals surface area contributed by atoms with Crippen molar-refractivity contribution in [1.29, 1.82) is 0 Å². The average molecular weight is 515 g/mol. The lowest BCUT2D eigenvalue weighted by molar-refractivity contribution is -0.145. The highest BCUT2D eigenvalue weighted by Gasteiger charge is 2.25. The van der Waals surface area contributed by atoms with Crippen molar-refractivity contribution in [1.82, 2.24) is 9.80 Å². The summed E-state index contributed by atoms with van der Waals surface area (Å²) in [5.41, 5.74) is 0.328. The minimum atomic E-state index is -0.677. The Hall–Kier alpha value is -0.690. The van der Waals surface area contributed by atoms with E-state index in [9.17, 15) is 9.90 Å². The number of ether oxygens (including phenoxy) is 2. The van der Waals surface area contributed by atoms with Crippen molar-refractivity contribution >= 4 is 5.97 Å². The quantitative estimate of drug-likeness (QED) is 0.134. The molecule has 0 aliphatic carbocycles. The fourth-order valence-corrected chi connectivity index (χ4v) is 4.08. The van der Waals surface area contributed by atoms with E-state index in [1.807, 2.05) is 0 Å². The van der Waals surface area contributed by atoms with Gasteiger partial charge in [-0.05, 0) is 96.8 Å². The highest BCUT2D eigenvalue weighted by molar-refractivity contribution is 5.69. The van der Waals surface area contributed by atoms with Gasteiger partial charge in [0.15, 0.2) is 6.29 Å². The molecule has 0 rings (SSSR count).